The van der Waals surface area contributed by atoms with Gasteiger partial charge in [-0.15, -0.1) is 0 Å². The van der Waals surface area contributed by atoms with Gasteiger partial charge in [-0.3, -0.25) is 0 Å². The Bertz CT molecular complexity index is 535. The van der Waals surface area contributed by atoms with Crippen LogP contribution < -0.4 is 10.1 Å². The number of hydrogen-bond donors (Lipinski definition) is 1. The summed E-state index contributed by atoms with van der Waals surface area (Å²) in [6, 6.07) is 5.94. The van der Waals surface area contributed by atoms with Crippen molar-refractivity contribution in [3.63, 3.8) is 0 Å². The predicted octanol–water partition coefficient (Wildman–Crippen LogP) is 1.37. The molecule has 5 nitrogen and oxygen atoms in total. The second kappa shape index (κ2) is 6.57. The number of benzene rings is 1. The molecule has 8 heteroatoms. The molecule has 1 aromatic carbocycles. The van der Waals surface area contributed by atoms with Crippen LogP contribution in [0.5, 0.6) is 5.75 Å². The summed E-state index contributed by atoms with van der Waals surface area (Å²) in [5.74, 6) is 0.0641. The quantitative estimate of drug-likeness (QED) is 0.905. The lowest BCUT2D eigenvalue weighted by molar-refractivity contribution is -0.0742. The Morgan fingerprint density at radius 1 is 1.36 bits per heavy atom. The standard InChI is InChI=1S/C14H18F2N2O3S/c15-13(16)21-11-1-3-12(4-2-11)22(19)18-7-8-20-14(10-18)5-6-17-9-14/h1-4,13,17H,5-10H2. The van der Waals surface area contributed by atoms with Crippen LogP contribution in [0.2, 0.25) is 0 Å². The molecular weight excluding hydrogens is 314 g/mol. The van der Waals surface area contributed by atoms with Crippen LogP contribution in [0.1, 0.15) is 6.42 Å². The van der Waals surface area contributed by atoms with Gasteiger partial charge in [0.15, 0.2) is 0 Å². The lowest BCUT2D eigenvalue weighted by Gasteiger charge is -2.39. The number of alkyl halides is 2. The third kappa shape index (κ3) is 3.45. The molecule has 2 unspecified atom stereocenters. The molecule has 0 amide bonds. The van der Waals surface area contributed by atoms with E-state index in [9.17, 15) is 13.0 Å². The van der Waals surface area contributed by atoms with Gasteiger partial charge < -0.3 is 14.8 Å². The Morgan fingerprint density at radius 2 is 2.14 bits per heavy atom. The van der Waals surface area contributed by atoms with Gasteiger partial charge in [-0.25, -0.2) is 8.51 Å². The first-order valence-corrected chi connectivity index (χ1v) is 8.25. The van der Waals surface area contributed by atoms with E-state index >= 15 is 0 Å². The summed E-state index contributed by atoms with van der Waals surface area (Å²) >= 11 is 0. The fourth-order valence-electron chi connectivity index (χ4n) is 2.82. The number of hydrogen-bond acceptors (Lipinski definition) is 4. The Labute approximate surface area is 130 Å². The highest BCUT2D eigenvalue weighted by Gasteiger charge is 2.40. The van der Waals surface area contributed by atoms with Crippen molar-refractivity contribution >= 4 is 11.0 Å². The first-order chi connectivity index (χ1) is 10.6. The van der Waals surface area contributed by atoms with Crippen molar-refractivity contribution in [1.82, 2.24) is 9.62 Å². The molecule has 1 aromatic rings. The van der Waals surface area contributed by atoms with Gasteiger partial charge in [0, 0.05) is 19.6 Å². The van der Waals surface area contributed by atoms with Crippen LogP contribution in [-0.4, -0.2) is 53.5 Å². The van der Waals surface area contributed by atoms with E-state index in [1.165, 1.54) is 12.1 Å². The highest BCUT2D eigenvalue weighted by atomic mass is 32.2. The van der Waals surface area contributed by atoms with E-state index in [1.54, 1.807) is 12.1 Å². The summed E-state index contributed by atoms with van der Waals surface area (Å²) in [5.41, 5.74) is -0.257. The summed E-state index contributed by atoms with van der Waals surface area (Å²) in [5, 5.41) is 3.27. The summed E-state index contributed by atoms with van der Waals surface area (Å²) in [4.78, 5) is 0.574. The van der Waals surface area contributed by atoms with Crippen LogP contribution in [0.4, 0.5) is 8.78 Å². The van der Waals surface area contributed by atoms with Gasteiger partial charge in [0.05, 0.1) is 17.1 Å². The van der Waals surface area contributed by atoms with Gasteiger partial charge in [-0.05, 0) is 37.2 Å². The number of nitrogens with zero attached hydrogens (tertiary/aromatic N) is 1. The highest BCUT2D eigenvalue weighted by Crippen LogP contribution is 2.27. The maximum atomic E-state index is 12.6. The lowest BCUT2D eigenvalue weighted by Crippen LogP contribution is -2.53. The van der Waals surface area contributed by atoms with Crippen molar-refractivity contribution in [3.05, 3.63) is 24.3 Å². The van der Waals surface area contributed by atoms with Crippen LogP contribution >= 0.6 is 0 Å². The van der Waals surface area contributed by atoms with Crippen LogP contribution in [0.15, 0.2) is 29.2 Å². The van der Waals surface area contributed by atoms with Gasteiger partial charge in [-0.1, -0.05) is 0 Å². The molecule has 0 radical (unpaired) electrons. The first kappa shape index (κ1) is 15.8. The molecule has 22 heavy (non-hydrogen) atoms. The highest BCUT2D eigenvalue weighted by molar-refractivity contribution is 7.82. The molecule has 0 aliphatic carbocycles. The van der Waals surface area contributed by atoms with Gasteiger partial charge >= 0.3 is 6.61 Å². The number of ether oxygens (including phenoxy) is 2. The molecule has 2 heterocycles. The summed E-state index contributed by atoms with van der Waals surface area (Å²) in [7, 11) is -1.33. The minimum atomic E-state index is -2.86. The zero-order valence-electron chi connectivity index (χ0n) is 12.0. The average molecular weight is 332 g/mol. The molecular formula is C14H18F2N2O3S. The maximum absolute atomic E-state index is 12.6. The van der Waals surface area contributed by atoms with Crippen molar-refractivity contribution in [2.24, 2.45) is 0 Å². The largest absolute Gasteiger partial charge is 0.435 e. The first-order valence-electron chi connectivity index (χ1n) is 7.14. The fraction of sp³-hybridized carbons (Fsp3) is 0.571. The zero-order chi connectivity index (χ0) is 15.6. The summed E-state index contributed by atoms with van der Waals surface area (Å²) < 4.78 is 48.9. The minimum Gasteiger partial charge on any atom is -0.435 e. The minimum absolute atomic E-state index is 0.0641. The molecule has 0 aromatic heterocycles. The van der Waals surface area contributed by atoms with Crippen molar-refractivity contribution in [1.29, 1.82) is 0 Å². The van der Waals surface area contributed by atoms with Crippen molar-refractivity contribution in [2.45, 2.75) is 23.5 Å². The van der Waals surface area contributed by atoms with Crippen molar-refractivity contribution in [3.8, 4) is 5.75 Å². The fourth-order valence-corrected chi connectivity index (χ4v) is 4.08. The normalized spacial score (nSPS) is 27.4. The zero-order valence-corrected chi connectivity index (χ0v) is 12.8. The maximum Gasteiger partial charge on any atom is 0.387 e. The smallest absolute Gasteiger partial charge is 0.387 e. The lowest BCUT2D eigenvalue weighted by atomic mass is 10.0. The average Bonchev–Trinajstić information content (AvgIpc) is 2.94. The number of nitrogens with one attached hydrogen (secondary N) is 1. The summed E-state index contributed by atoms with van der Waals surface area (Å²) in [6.45, 7) is 0.540. The topological polar surface area (TPSA) is 50.8 Å². The molecule has 1 spiro atoms. The van der Waals surface area contributed by atoms with Crippen molar-refractivity contribution in [2.75, 3.05) is 32.8 Å². The number of rotatable bonds is 4. The monoisotopic (exact) mass is 332 g/mol. The second-order valence-corrected chi connectivity index (χ2v) is 6.91. The molecule has 2 atom stereocenters. The molecule has 2 saturated heterocycles. The van der Waals surface area contributed by atoms with E-state index in [0.29, 0.717) is 24.6 Å². The van der Waals surface area contributed by atoms with E-state index < -0.39 is 17.6 Å². The second-order valence-electron chi connectivity index (χ2n) is 5.42. The predicted molar refractivity (Wildman–Crippen MR) is 77.2 cm³/mol. The third-order valence-corrected chi connectivity index (χ3v) is 5.36. The van der Waals surface area contributed by atoms with E-state index in [0.717, 1.165) is 19.5 Å². The van der Waals surface area contributed by atoms with Gasteiger partial charge in [-0.2, -0.15) is 8.78 Å². The Balaban J connectivity index is 1.67. The number of halogens is 2. The molecule has 1 N–H and O–H groups in total. The Kier molecular flexibility index (Phi) is 4.72. The van der Waals surface area contributed by atoms with E-state index in [4.69, 9.17) is 4.74 Å². The Morgan fingerprint density at radius 3 is 2.77 bits per heavy atom. The van der Waals surface area contributed by atoms with Crippen LogP contribution in [0.3, 0.4) is 0 Å². The third-order valence-electron chi connectivity index (χ3n) is 3.90. The molecule has 0 bridgehead atoms. The molecule has 2 aliphatic rings. The van der Waals surface area contributed by atoms with Crippen LogP contribution in [0.25, 0.3) is 0 Å². The van der Waals surface area contributed by atoms with E-state index in [2.05, 4.69) is 10.1 Å². The van der Waals surface area contributed by atoms with Crippen molar-refractivity contribution < 1.29 is 22.5 Å². The number of morpholine rings is 1. The molecule has 122 valence electrons. The van der Waals surface area contributed by atoms with Gasteiger partial charge in [0.25, 0.3) is 0 Å². The van der Waals surface area contributed by atoms with Gasteiger partial charge in [0.1, 0.15) is 16.7 Å². The molecule has 0 saturated carbocycles. The van der Waals surface area contributed by atoms with Crippen LogP contribution in [-0.2, 0) is 15.7 Å². The van der Waals surface area contributed by atoms with E-state index in [1.807, 2.05) is 4.31 Å². The van der Waals surface area contributed by atoms with E-state index in [-0.39, 0.29) is 11.4 Å². The molecule has 3 rings (SSSR count). The van der Waals surface area contributed by atoms with Gasteiger partial charge in [0.2, 0.25) is 0 Å². The molecule has 2 aliphatic heterocycles. The Hall–Kier alpha value is -1.09. The van der Waals surface area contributed by atoms with Crippen LogP contribution in [0, 0.1) is 0 Å². The molecule has 2 fully saturated rings. The SMILES string of the molecule is O=S(c1ccc(OC(F)F)cc1)N1CCOC2(CCNC2)C1. The summed E-state index contributed by atoms with van der Waals surface area (Å²) in [6.07, 6.45) is 0.905.